The van der Waals surface area contributed by atoms with Crippen LogP contribution in [0, 0.1) is 11.8 Å². The number of rotatable bonds is 48. The van der Waals surface area contributed by atoms with Crippen LogP contribution < -0.4 is 0 Å². The fourth-order valence-electron chi connectivity index (χ4n) is 9.76. The molecule has 0 amide bonds. The van der Waals surface area contributed by atoms with E-state index in [4.69, 9.17) is 9.98 Å². The third-order valence-electron chi connectivity index (χ3n) is 14.4. The summed E-state index contributed by atoms with van der Waals surface area (Å²) in [5.41, 5.74) is 6.85. The molecule has 0 bridgehead atoms. The number of aliphatic imine (C=N–C) groups is 2. The summed E-state index contributed by atoms with van der Waals surface area (Å²) in [5, 5.41) is 0. The molecule has 0 N–H and O–H groups in total. The van der Waals surface area contributed by atoms with Crippen LogP contribution in [0.4, 0.5) is 11.4 Å². The van der Waals surface area contributed by atoms with Crippen LogP contribution in [0.15, 0.2) is 58.5 Å². The summed E-state index contributed by atoms with van der Waals surface area (Å²) < 4.78 is 0. The molecule has 2 aromatic rings. The Labute approximate surface area is 441 Å². The van der Waals surface area contributed by atoms with Gasteiger partial charge in [0.1, 0.15) is 5.71 Å². The van der Waals surface area contributed by atoms with Crippen molar-refractivity contribution in [1.82, 2.24) is 0 Å². The summed E-state index contributed by atoms with van der Waals surface area (Å²) in [6, 6.07) is 18.2. The third kappa shape index (κ3) is 40.1. The number of benzene rings is 2. The number of aryl methyl sites for hydroxylation is 2. The van der Waals surface area contributed by atoms with Crippen LogP contribution in [-0.2, 0) is 29.3 Å². The van der Waals surface area contributed by atoms with Crippen LogP contribution >= 0.6 is 0 Å². The van der Waals surface area contributed by atoms with Crippen molar-refractivity contribution >= 4 is 22.8 Å². The zero-order valence-electron chi connectivity index (χ0n) is 46.4. The van der Waals surface area contributed by atoms with E-state index >= 15 is 0 Å². The van der Waals surface area contributed by atoms with Gasteiger partial charge in [-0.25, -0.2) is 4.99 Å². The first-order valence-electron chi connectivity index (χ1n) is 30.5. The van der Waals surface area contributed by atoms with E-state index in [9.17, 15) is 0 Å². The topological polar surface area (TPSA) is 24.7 Å². The fourth-order valence-corrected chi connectivity index (χ4v) is 9.76. The Bertz CT molecular complexity index is 1490. The maximum Gasteiger partial charge on any atom is 0.135 e. The summed E-state index contributed by atoms with van der Waals surface area (Å²) in [6.07, 6.45) is 61.9. The smallest absolute Gasteiger partial charge is 0.135 e. The van der Waals surface area contributed by atoms with Crippen molar-refractivity contribution in [2.24, 2.45) is 9.98 Å². The summed E-state index contributed by atoms with van der Waals surface area (Å²) in [5.74, 6) is 7.18. The molecule has 0 heterocycles. The van der Waals surface area contributed by atoms with Gasteiger partial charge in [-0.1, -0.05) is 302 Å². The van der Waals surface area contributed by atoms with E-state index in [0.717, 1.165) is 48.5 Å². The molecule has 2 nitrogen and oxygen atoms in total. The van der Waals surface area contributed by atoms with Crippen LogP contribution in [0.2, 0.25) is 0 Å². The first-order valence-corrected chi connectivity index (χ1v) is 30.5. The first-order chi connectivity index (χ1) is 33.7. The fraction of sp³-hybridized carbons (Fsp3) is 0.758. The first kappa shape index (κ1) is 64.8. The molecule has 0 aliphatic rings. The molecular weight excluding hydrogens is 879 g/mol. The van der Waals surface area contributed by atoms with Crippen molar-refractivity contribution in [2.75, 3.05) is 0 Å². The molecule has 0 aliphatic heterocycles. The monoisotopic (exact) mass is 991 g/mol. The van der Waals surface area contributed by atoms with E-state index in [1.165, 1.54) is 281 Å². The molecule has 0 radical (unpaired) electrons. The largest absolute Gasteiger partial charge is 0.251 e. The Morgan fingerprint density at radius 2 is 0.594 bits per heavy atom. The molecule has 0 spiro atoms. The van der Waals surface area contributed by atoms with Gasteiger partial charge in [-0.05, 0) is 86.3 Å². The second-order valence-electron chi connectivity index (χ2n) is 21.1. The zero-order chi connectivity index (χ0) is 48.5. The van der Waals surface area contributed by atoms with Crippen LogP contribution in [0.1, 0.15) is 321 Å². The predicted octanol–water partition coefficient (Wildman–Crippen LogP) is 22.9. The Hall–Kier alpha value is -2.17. The Kier molecular flexibility index (Phi) is 47.7. The molecule has 0 saturated carbocycles. The average molecular weight is 992 g/mol. The molecule has 396 valence electrons. The quantitative estimate of drug-likeness (QED) is 0.0273. The zero-order valence-corrected chi connectivity index (χ0v) is 47.3. The van der Waals surface area contributed by atoms with Gasteiger partial charge in [0.05, 0.1) is 17.1 Å². The van der Waals surface area contributed by atoms with Gasteiger partial charge in [0.15, 0.2) is 0 Å². The van der Waals surface area contributed by atoms with Gasteiger partial charge in [-0.2, -0.15) is 0 Å². The minimum Gasteiger partial charge on any atom is -0.251 e. The Balaban J connectivity index is 0.0000238. The second-order valence-corrected chi connectivity index (χ2v) is 21.1. The molecule has 0 fully saturated rings. The van der Waals surface area contributed by atoms with Gasteiger partial charge in [-0.15, -0.1) is 0 Å². The average Bonchev–Trinajstić information content (AvgIpc) is 3.36. The van der Waals surface area contributed by atoms with E-state index in [1.54, 1.807) is 0 Å². The Morgan fingerprint density at radius 3 is 0.928 bits per heavy atom. The van der Waals surface area contributed by atoms with Gasteiger partial charge in [0.2, 0.25) is 0 Å². The summed E-state index contributed by atoms with van der Waals surface area (Å²) in [6.45, 7) is 9.21. The van der Waals surface area contributed by atoms with Crippen LogP contribution in [0.3, 0.4) is 0 Å². The number of unbranched alkanes of at least 4 members (excludes halogenated alkanes) is 39. The molecule has 0 unspecified atom stereocenters. The molecule has 0 aromatic heterocycles. The maximum atomic E-state index is 5.36. The molecule has 2 rings (SSSR count). The van der Waals surface area contributed by atoms with Crippen molar-refractivity contribution in [2.45, 2.75) is 323 Å². The van der Waals surface area contributed by atoms with Gasteiger partial charge < -0.3 is 0 Å². The number of nitrogens with zero attached hydrogens (tertiary/aromatic N) is 2. The van der Waals surface area contributed by atoms with Crippen LogP contribution in [0.5, 0.6) is 0 Å². The van der Waals surface area contributed by atoms with E-state index in [1.807, 2.05) is 0 Å². The molecule has 0 aliphatic carbocycles. The van der Waals surface area contributed by atoms with Gasteiger partial charge >= 0.3 is 0 Å². The predicted molar refractivity (Wildman–Crippen MR) is 308 cm³/mol. The molecular formula is C66H112N2Ni. The molecule has 3 heteroatoms. The molecule has 0 atom stereocenters. The third-order valence-corrected chi connectivity index (χ3v) is 14.4. The number of hydrogen-bond acceptors (Lipinski definition) is 2. The van der Waals surface area contributed by atoms with Crippen LogP contribution in [-0.4, -0.2) is 11.4 Å². The normalized spacial score (nSPS) is 11.8. The van der Waals surface area contributed by atoms with E-state index in [2.05, 4.69) is 88.1 Å². The number of hydrogen-bond donors (Lipinski definition) is 0. The van der Waals surface area contributed by atoms with Crippen molar-refractivity contribution in [3.63, 3.8) is 0 Å². The van der Waals surface area contributed by atoms with Crippen molar-refractivity contribution in [3.8, 4) is 11.8 Å². The van der Waals surface area contributed by atoms with Gasteiger partial charge in [0, 0.05) is 22.9 Å². The van der Waals surface area contributed by atoms with E-state index in [0.29, 0.717) is 0 Å². The summed E-state index contributed by atoms with van der Waals surface area (Å²) in [4.78, 5) is 10.7. The second kappa shape index (κ2) is 50.8. The molecule has 2 aromatic carbocycles. The van der Waals surface area contributed by atoms with Gasteiger partial charge in [0.25, 0.3) is 0 Å². The minimum atomic E-state index is 0. The summed E-state index contributed by atoms with van der Waals surface area (Å²) in [7, 11) is 0. The van der Waals surface area contributed by atoms with E-state index in [-0.39, 0.29) is 16.5 Å². The standard InChI is InChI=1S/C66H112N2.Ni/c1-5-9-13-17-21-24-26-28-30-32-34-36-38-41-45-49-61-53-57-63(58-54-61)67-65(51-47-43-20-16-12-8-4)66(52-48-44-40-23-19-15-11-7-3)68-64-59-55-62(56-60-64)50-46-42-39-37-35-33-31-29-27-25-22-18-14-10-6-2;/h53-60H,5-47,49-51H2,1-4H3;. The minimum absolute atomic E-state index is 0. The van der Waals surface area contributed by atoms with Crippen molar-refractivity contribution in [3.05, 3.63) is 59.7 Å². The van der Waals surface area contributed by atoms with Crippen molar-refractivity contribution < 1.29 is 16.5 Å². The van der Waals surface area contributed by atoms with Crippen LogP contribution in [0.25, 0.3) is 0 Å². The van der Waals surface area contributed by atoms with E-state index < -0.39 is 0 Å². The van der Waals surface area contributed by atoms with Gasteiger partial charge in [-0.3, -0.25) is 4.99 Å². The SMILES string of the molecule is CCCCCCCCC#CC(=Nc1ccc(CCCCCCCCCCCCCCCCC)cc1)C(CCCCCCCC)=Nc1ccc(CCCCCCCCCCCCCCCCC)cc1.[Ni]. The van der Waals surface area contributed by atoms with Crippen molar-refractivity contribution in [1.29, 1.82) is 0 Å². The summed E-state index contributed by atoms with van der Waals surface area (Å²) >= 11 is 0. The molecule has 0 saturated heterocycles. The maximum absolute atomic E-state index is 5.36. The molecule has 69 heavy (non-hydrogen) atoms. The Morgan fingerprint density at radius 1 is 0.319 bits per heavy atom.